The Morgan fingerprint density at radius 1 is 1.29 bits per heavy atom. The molecule has 0 saturated heterocycles. The molecule has 4 heteroatoms. The molecule has 0 radical (unpaired) electrons. The minimum atomic E-state index is -0.491. The molecule has 17 heavy (non-hydrogen) atoms. The lowest BCUT2D eigenvalue weighted by atomic mass is 10.1. The number of ether oxygens (including phenoxy) is 1. The largest absolute Gasteiger partial charge is 0.371 e. The van der Waals surface area contributed by atoms with E-state index in [0.717, 1.165) is 10.4 Å². The van der Waals surface area contributed by atoms with Crippen molar-refractivity contribution in [1.29, 1.82) is 5.26 Å². The number of hydrogen-bond acceptors (Lipinski definition) is 3. The van der Waals surface area contributed by atoms with Crippen molar-refractivity contribution in [1.82, 2.24) is 0 Å². The fourth-order valence-electron chi connectivity index (χ4n) is 1.41. The number of thiophene rings is 1. The summed E-state index contributed by atoms with van der Waals surface area (Å²) in [6.45, 7) is 0.920. The molecular weight excluding hydrogens is 237 g/mol. The van der Waals surface area contributed by atoms with Crippen molar-refractivity contribution in [3.8, 4) is 6.07 Å². The van der Waals surface area contributed by atoms with Crippen molar-refractivity contribution in [3.05, 3.63) is 57.5 Å². The van der Waals surface area contributed by atoms with Gasteiger partial charge in [-0.1, -0.05) is 12.1 Å². The second-order valence-electron chi connectivity index (χ2n) is 3.50. The van der Waals surface area contributed by atoms with Gasteiger partial charge in [-0.05, 0) is 29.1 Å². The summed E-state index contributed by atoms with van der Waals surface area (Å²) in [6.07, 6.45) is 0. The maximum Gasteiger partial charge on any atom is 0.140 e. The molecule has 2 rings (SSSR count). The van der Waals surface area contributed by atoms with E-state index >= 15 is 0 Å². The summed E-state index contributed by atoms with van der Waals surface area (Å²) in [6, 6.07) is 10.2. The Morgan fingerprint density at radius 3 is 2.88 bits per heavy atom. The molecule has 0 atom stereocenters. The van der Waals surface area contributed by atoms with Gasteiger partial charge in [-0.3, -0.25) is 0 Å². The Labute approximate surface area is 103 Å². The van der Waals surface area contributed by atoms with Crippen LogP contribution in [0.5, 0.6) is 0 Å². The van der Waals surface area contributed by atoms with Gasteiger partial charge >= 0.3 is 0 Å². The van der Waals surface area contributed by atoms with Crippen LogP contribution in [-0.4, -0.2) is 0 Å². The lowest BCUT2D eigenvalue weighted by molar-refractivity contribution is 0.109. The van der Waals surface area contributed by atoms with Crippen LogP contribution >= 0.6 is 11.3 Å². The fourth-order valence-corrected chi connectivity index (χ4v) is 2.05. The Balaban J connectivity index is 1.93. The third kappa shape index (κ3) is 3.13. The van der Waals surface area contributed by atoms with E-state index in [1.54, 1.807) is 17.4 Å². The van der Waals surface area contributed by atoms with Crippen molar-refractivity contribution in [2.24, 2.45) is 0 Å². The van der Waals surface area contributed by atoms with Gasteiger partial charge in [-0.2, -0.15) is 5.26 Å². The normalized spacial score (nSPS) is 10.1. The van der Waals surface area contributed by atoms with Crippen molar-refractivity contribution in [2.45, 2.75) is 13.2 Å². The third-order valence-corrected chi connectivity index (χ3v) is 3.09. The van der Waals surface area contributed by atoms with Gasteiger partial charge in [0.25, 0.3) is 0 Å². The minimum absolute atomic E-state index is 0.0576. The summed E-state index contributed by atoms with van der Waals surface area (Å²) in [4.78, 5) is 1.15. The highest BCUT2D eigenvalue weighted by atomic mass is 32.1. The van der Waals surface area contributed by atoms with E-state index in [4.69, 9.17) is 10.00 Å². The zero-order valence-corrected chi connectivity index (χ0v) is 9.84. The number of benzene rings is 1. The number of nitrogens with zero attached hydrogens (tertiary/aromatic N) is 1. The molecule has 0 aliphatic heterocycles. The molecule has 1 aromatic carbocycles. The van der Waals surface area contributed by atoms with Crippen molar-refractivity contribution < 1.29 is 9.13 Å². The van der Waals surface area contributed by atoms with Crippen LogP contribution in [0.2, 0.25) is 0 Å². The average molecular weight is 247 g/mol. The first-order valence-corrected chi connectivity index (χ1v) is 5.96. The minimum Gasteiger partial charge on any atom is -0.371 e. The lowest BCUT2D eigenvalue weighted by Crippen LogP contribution is -1.94. The molecule has 0 aliphatic rings. The molecular formula is C13H10FNOS. The van der Waals surface area contributed by atoms with Crippen LogP contribution in [0, 0.1) is 17.1 Å². The molecule has 2 aromatic rings. The average Bonchev–Trinajstić information content (AvgIpc) is 2.84. The maximum absolute atomic E-state index is 13.1. The third-order valence-electron chi connectivity index (χ3n) is 2.24. The smallest absolute Gasteiger partial charge is 0.140 e. The zero-order chi connectivity index (χ0) is 12.1. The number of rotatable bonds is 4. The van der Waals surface area contributed by atoms with Crippen LogP contribution in [0.3, 0.4) is 0 Å². The predicted molar refractivity (Wildman–Crippen MR) is 63.9 cm³/mol. The highest BCUT2D eigenvalue weighted by Crippen LogP contribution is 2.13. The monoisotopic (exact) mass is 247 g/mol. The fraction of sp³-hybridized carbons (Fsp3) is 0.154. The van der Waals surface area contributed by atoms with Gasteiger partial charge in [0.15, 0.2) is 0 Å². The van der Waals surface area contributed by atoms with Crippen LogP contribution in [0.4, 0.5) is 4.39 Å². The number of nitriles is 1. The maximum atomic E-state index is 13.1. The lowest BCUT2D eigenvalue weighted by Gasteiger charge is -2.03. The van der Waals surface area contributed by atoms with E-state index in [1.165, 1.54) is 12.1 Å². The molecule has 1 heterocycles. The quantitative estimate of drug-likeness (QED) is 0.828. The first-order chi connectivity index (χ1) is 8.29. The summed E-state index contributed by atoms with van der Waals surface area (Å²) >= 11 is 1.63. The summed E-state index contributed by atoms with van der Waals surface area (Å²) in [7, 11) is 0. The van der Waals surface area contributed by atoms with Crippen LogP contribution in [0.15, 0.2) is 35.7 Å². The molecule has 2 nitrogen and oxygen atoms in total. The van der Waals surface area contributed by atoms with Gasteiger partial charge in [-0.15, -0.1) is 11.3 Å². The Morgan fingerprint density at radius 2 is 2.18 bits per heavy atom. The van der Waals surface area contributed by atoms with E-state index in [0.29, 0.717) is 13.2 Å². The second-order valence-corrected chi connectivity index (χ2v) is 4.53. The number of halogens is 1. The Hall–Kier alpha value is -1.70. The van der Waals surface area contributed by atoms with E-state index < -0.39 is 5.82 Å². The van der Waals surface area contributed by atoms with Gasteiger partial charge < -0.3 is 4.74 Å². The standard InChI is InChI=1S/C13H10FNOS/c14-13-4-3-10(6-11(13)7-15)8-16-9-12-2-1-5-17-12/h1-6H,8-9H2. The molecule has 0 N–H and O–H groups in total. The van der Waals surface area contributed by atoms with Crippen LogP contribution in [0.1, 0.15) is 16.0 Å². The zero-order valence-electron chi connectivity index (χ0n) is 9.02. The van der Waals surface area contributed by atoms with Crippen LogP contribution in [-0.2, 0) is 18.0 Å². The number of hydrogen-bond donors (Lipinski definition) is 0. The van der Waals surface area contributed by atoms with Crippen molar-refractivity contribution in [3.63, 3.8) is 0 Å². The van der Waals surface area contributed by atoms with E-state index in [1.807, 2.05) is 23.6 Å². The first kappa shape index (κ1) is 11.8. The van der Waals surface area contributed by atoms with E-state index in [-0.39, 0.29) is 5.56 Å². The van der Waals surface area contributed by atoms with E-state index in [9.17, 15) is 4.39 Å². The van der Waals surface area contributed by atoms with Gasteiger partial charge in [0.1, 0.15) is 11.9 Å². The van der Waals surface area contributed by atoms with Gasteiger partial charge in [0.2, 0.25) is 0 Å². The van der Waals surface area contributed by atoms with Gasteiger partial charge in [-0.25, -0.2) is 4.39 Å². The first-order valence-electron chi connectivity index (χ1n) is 5.08. The molecule has 0 unspecified atom stereocenters. The summed E-state index contributed by atoms with van der Waals surface area (Å²) in [5.74, 6) is -0.491. The van der Waals surface area contributed by atoms with Crippen molar-refractivity contribution in [2.75, 3.05) is 0 Å². The van der Waals surface area contributed by atoms with Crippen LogP contribution in [0.25, 0.3) is 0 Å². The molecule has 0 fully saturated rings. The SMILES string of the molecule is N#Cc1cc(COCc2cccs2)ccc1F. The highest BCUT2D eigenvalue weighted by Gasteiger charge is 2.03. The Kier molecular flexibility index (Phi) is 3.86. The van der Waals surface area contributed by atoms with Gasteiger partial charge in [0.05, 0.1) is 18.8 Å². The topological polar surface area (TPSA) is 33.0 Å². The van der Waals surface area contributed by atoms with Crippen LogP contribution < -0.4 is 0 Å². The molecule has 86 valence electrons. The second kappa shape index (κ2) is 5.58. The highest BCUT2D eigenvalue weighted by molar-refractivity contribution is 7.09. The summed E-state index contributed by atoms with van der Waals surface area (Å²) in [5.41, 5.74) is 0.863. The van der Waals surface area contributed by atoms with E-state index in [2.05, 4.69) is 0 Å². The molecule has 0 amide bonds. The molecule has 0 aliphatic carbocycles. The molecule has 0 bridgehead atoms. The Bertz CT molecular complexity index is 531. The molecule has 0 spiro atoms. The summed E-state index contributed by atoms with van der Waals surface area (Å²) in [5, 5.41) is 10.7. The van der Waals surface area contributed by atoms with Crippen molar-refractivity contribution >= 4 is 11.3 Å². The predicted octanol–water partition coefficient (Wildman–Crippen LogP) is 3.48. The van der Waals surface area contributed by atoms with Gasteiger partial charge in [0, 0.05) is 4.88 Å². The summed E-state index contributed by atoms with van der Waals surface area (Å²) < 4.78 is 18.5. The molecule has 1 aromatic heterocycles. The molecule has 0 saturated carbocycles.